The van der Waals surface area contributed by atoms with Crippen LogP contribution in [0.25, 0.3) is 0 Å². The van der Waals surface area contributed by atoms with E-state index in [-0.39, 0.29) is 11.3 Å². The second-order valence-electron chi connectivity index (χ2n) is 5.04. The molecule has 1 aliphatic heterocycles. The van der Waals surface area contributed by atoms with E-state index in [0.717, 1.165) is 12.0 Å². The molecule has 0 unspecified atom stereocenters. The van der Waals surface area contributed by atoms with E-state index in [0.29, 0.717) is 19.5 Å². The molecule has 1 aromatic rings. The molecule has 2 N–H and O–H groups in total. The van der Waals surface area contributed by atoms with E-state index < -0.39 is 10.0 Å². The van der Waals surface area contributed by atoms with Crippen LogP contribution in [0.5, 0.6) is 0 Å². The first kappa shape index (κ1) is 13.5. The molecule has 0 bridgehead atoms. The van der Waals surface area contributed by atoms with Crippen LogP contribution in [0.15, 0.2) is 30.3 Å². The highest BCUT2D eigenvalue weighted by Gasteiger charge is 2.43. The minimum absolute atomic E-state index is 0.163. The van der Waals surface area contributed by atoms with Crippen molar-refractivity contribution < 1.29 is 8.42 Å². The van der Waals surface area contributed by atoms with Gasteiger partial charge in [0.2, 0.25) is 10.0 Å². The lowest BCUT2D eigenvalue weighted by Crippen LogP contribution is -2.68. The number of nitrogens with two attached hydrogens (primary N) is 1. The van der Waals surface area contributed by atoms with Crippen LogP contribution in [0.3, 0.4) is 0 Å². The van der Waals surface area contributed by atoms with Crippen LogP contribution in [-0.2, 0) is 16.4 Å². The molecule has 1 aromatic carbocycles. The minimum Gasteiger partial charge on any atom is -0.323 e. The van der Waals surface area contributed by atoms with Crippen molar-refractivity contribution in [1.29, 1.82) is 0 Å². The van der Waals surface area contributed by atoms with Crippen molar-refractivity contribution in [1.82, 2.24) is 4.31 Å². The first-order valence-corrected chi connectivity index (χ1v) is 7.87. The van der Waals surface area contributed by atoms with E-state index in [1.165, 1.54) is 4.31 Å². The molecule has 4 nitrogen and oxygen atoms in total. The van der Waals surface area contributed by atoms with Crippen molar-refractivity contribution >= 4 is 10.0 Å². The van der Waals surface area contributed by atoms with E-state index in [1.807, 2.05) is 37.3 Å². The third kappa shape index (κ3) is 2.91. The molecular weight excluding hydrogens is 248 g/mol. The quantitative estimate of drug-likeness (QED) is 0.866. The van der Waals surface area contributed by atoms with Crippen LogP contribution in [0.4, 0.5) is 0 Å². The first-order chi connectivity index (χ1) is 8.45. The Morgan fingerprint density at radius 2 is 1.89 bits per heavy atom. The van der Waals surface area contributed by atoms with Crippen LogP contribution in [0.1, 0.15) is 18.9 Å². The monoisotopic (exact) mass is 268 g/mol. The van der Waals surface area contributed by atoms with Crippen molar-refractivity contribution in [3.63, 3.8) is 0 Å². The van der Waals surface area contributed by atoms with Crippen LogP contribution in [0, 0.1) is 0 Å². The van der Waals surface area contributed by atoms with Crippen LogP contribution in [-0.4, -0.2) is 37.1 Å². The Labute approximate surface area is 109 Å². The summed E-state index contributed by atoms with van der Waals surface area (Å²) in [7, 11) is -3.15. The molecule has 1 heterocycles. The third-order valence-corrected chi connectivity index (χ3v) is 5.34. The predicted octanol–water partition coefficient (Wildman–Crippen LogP) is 0.982. The summed E-state index contributed by atoms with van der Waals surface area (Å²) >= 11 is 0. The molecule has 0 aliphatic carbocycles. The van der Waals surface area contributed by atoms with E-state index >= 15 is 0 Å². The summed E-state index contributed by atoms with van der Waals surface area (Å²) in [5.74, 6) is 0.163. The second-order valence-corrected chi connectivity index (χ2v) is 7.12. The number of rotatable bonds is 5. The normalized spacial score (nSPS) is 19.4. The summed E-state index contributed by atoms with van der Waals surface area (Å²) < 4.78 is 25.6. The average molecular weight is 268 g/mol. The Balaban J connectivity index is 1.90. The van der Waals surface area contributed by atoms with Gasteiger partial charge in [0.25, 0.3) is 0 Å². The lowest BCUT2D eigenvalue weighted by molar-refractivity contribution is 0.153. The Hall–Kier alpha value is -0.910. The van der Waals surface area contributed by atoms with Gasteiger partial charge >= 0.3 is 0 Å². The number of benzene rings is 1. The fourth-order valence-corrected chi connectivity index (χ4v) is 3.76. The lowest BCUT2D eigenvalue weighted by atomic mass is 9.91. The van der Waals surface area contributed by atoms with Gasteiger partial charge in [0.15, 0.2) is 0 Å². The van der Waals surface area contributed by atoms with Gasteiger partial charge in [-0.05, 0) is 18.4 Å². The molecule has 0 radical (unpaired) electrons. The summed E-state index contributed by atoms with van der Waals surface area (Å²) in [5, 5.41) is 0. The molecule has 100 valence electrons. The zero-order valence-corrected chi connectivity index (χ0v) is 11.5. The van der Waals surface area contributed by atoms with Gasteiger partial charge in [-0.3, -0.25) is 0 Å². The van der Waals surface area contributed by atoms with Crippen molar-refractivity contribution in [2.75, 3.05) is 18.8 Å². The number of hydrogen-bond acceptors (Lipinski definition) is 3. The second kappa shape index (κ2) is 4.99. The largest absolute Gasteiger partial charge is 0.323 e. The van der Waals surface area contributed by atoms with E-state index in [9.17, 15) is 8.42 Å². The SMILES string of the molecule is CCC1(N)CN(S(=O)(=O)CCc2ccccc2)C1. The van der Waals surface area contributed by atoms with Gasteiger partial charge in [0.1, 0.15) is 0 Å². The maximum absolute atomic E-state index is 12.1. The molecule has 1 aliphatic rings. The maximum atomic E-state index is 12.1. The molecule has 0 amide bonds. The van der Waals surface area contributed by atoms with Gasteiger partial charge in [-0.1, -0.05) is 37.3 Å². The van der Waals surface area contributed by atoms with Crippen LogP contribution in [0.2, 0.25) is 0 Å². The van der Waals surface area contributed by atoms with Crippen molar-refractivity contribution in [2.24, 2.45) is 5.73 Å². The lowest BCUT2D eigenvalue weighted by Gasteiger charge is -2.46. The van der Waals surface area contributed by atoms with Gasteiger partial charge in [-0.2, -0.15) is 4.31 Å². The molecule has 5 heteroatoms. The predicted molar refractivity (Wildman–Crippen MR) is 72.7 cm³/mol. The van der Waals surface area contributed by atoms with Gasteiger partial charge in [0.05, 0.1) is 5.75 Å². The van der Waals surface area contributed by atoms with Gasteiger partial charge in [-0.25, -0.2) is 8.42 Å². The highest BCUT2D eigenvalue weighted by atomic mass is 32.2. The summed E-state index contributed by atoms with van der Waals surface area (Å²) in [6, 6.07) is 9.68. The zero-order chi connectivity index (χ0) is 13.2. The highest BCUT2D eigenvalue weighted by Crippen LogP contribution is 2.25. The summed E-state index contributed by atoms with van der Waals surface area (Å²) in [5.41, 5.74) is 6.74. The van der Waals surface area contributed by atoms with Crippen molar-refractivity contribution in [3.8, 4) is 0 Å². The molecule has 1 fully saturated rings. The molecule has 1 saturated heterocycles. The number of aryl methyl sites for hydroxylation is 1. The van der Waals surface area contributed by atoms with E-state index in [4.69, 9.17) is 5.73 Å². The standard InChI is InChI=1S/C13H20N2O2S/c1-2-13(14)10-15(11-13)18(16,17)9-8-12-6-4-3-5-7-12/h3-7H,2,8-11,14H2,1H3. The third-order valence-electron chi connectivity index (χ3n) is 3.57. The number of hydrogen-bond donors (Lipinski definition) is 1. The zero-order valence-electron chi connectivity index (χ0n) is 10.7. The Bertz CT molecular complexity index is 493. The molecule has 18 heavy (non-hydrogen) atoms. The summed E-state index contributed by atoms with van der Waals surface area (Å²) in [6.45, 7) is 2.91. The summed E-state index contributed by atoms with van der Waals surface area (Å²) in [6.07, 6.45) is 1.38. The highest BCUT2D eigenvalue weighted by molar-refractivity contribution is 7.89. The fraction of sp³-hybridized carbons (Fsp3) is 0.538. The summed E-state index contributed by atoms with van der Waals surface area (Å²) in [4.78, 5) is 0. The smallest absolute Gasteiger partial charge is 0.214 e. The molecule has 0 saturated carbocycles. The van der Waals surface area contributed by atoms with Gasteiger partial charge < -0.3 is 5.73 Å². The first-order valence-electron chi connectivity index (χ1n) is 6.26. The Morgan fingerprint density at radius 1 is 1.28 bits per heavy atom. The maximum Gasteiger partial charge on any atom is 0.214 e. The minimum atomic E-state index is -3.15. The molecule has 0 aromatic heterocycles. The average Bonchev–Trinajstić information content (AvgIpc) is 2.34. The molecular formula is C13H20N2O2S. The van der Waals surface area contributed by atoms with Gasteiger partial charge in [-0.15, -0.1) is 0 Å². The molecule has 0 spiro atoms. The molecule has 2 rings (SSSR count). The Morgan fingerprint density at radius 3 is 2.44 bits per heavy atom. The van der Waals surface area contributed by atoms with Crippen molar-refractivity contribution in [3.05, 3.63) is 35.9 Å². The topological polar surface area (TPSA) is 63.4 Å². The van der Waals surface area contributed by atoms with Crippen LogP contribution >= 0.6 is 0 Å². The Kier molecular flexibility index (Phi) is 3.75. The van der Waals surface area contributed by atoms with E-state index in [1.54, 1.807) is 0 Å². The van der Waals surface area contributed by atoms with Crippen LogP contribution < -0.4 is 5.73 Å². The van der Waals surface area contributed by atoms with Gasteiger partial charge in [0, 0.05) is 18.6 Å². The number of nitrogens with zero attached hydrogens (tertiary/aromatic N) is 1. The molecule has 0 atom stereocenters. The number of sulfonamides is 1. The van der Waals surface area contributed by atoms with Crippen molar-refractivity contribution in [2.45, 2.75) is 25.3 Å². The van der Waals surface area contributed by atoms with E-state index in [2.05, 4.69) is 0 Å². The fourth-order valence-electron chi connectivity index (χ4n) is 2.10.